The molecule has 0 aliphatic heterocycles. The maximum absolute atomic E-state index is 13.7. The molecule has 3 rings (SSSR count). The van der Waals surface area contributed by atoms with Crippen molar-refractivity contribution in [3.8, 4) is 0 Å². The van der Waals surface area contributed by atoms with Crippen LogP contribution in [0.5, 0.6) is 0 Å². The molecule has 2 heterocycles. The number of carboxylic acids is 5. The van der Waals surface area contributed by atoms with Crippen LogP contribution in [0.4, 0.5) is 11.6 Å². The van der Waals surface area contributed by atoms with Gasteiger partial charge in [0.25, 0.3) is 11.5 Å². The Morgan fingerprint density at radius 1 is 0.676 bits per heavy atom. The van der Waals surface area contributed by atoms with Gasteiger partial charge < -0.3 is 80.0 Å². The number of carbonyl (C=O) groups excluding carboxylic acids is 6. The van der Waals surface area contributed by atoms with Crippen molar-refractivity contribution < 1.29 is 78.3 Å². The number of aliphatic imine (C=N–C) groups is 1. The summed E-state index contributed by atoms with van der Waals surface area (Å²) in [6.45, 7) is -0.0757. The number of nitrogens with zero attached hydrogens (tertiary/aromatic N) is 4. The number of aliphatic carboxylic acids is 5. The van der Waals surface area contributed by atoms with Crippen LogP contribution in [0, 0.1) is 0 Å². The zero-order valence-electron chi connectivity index (χ0n) is 39.0. The number of H-pyrrole nitrogens is 1. The fraction of sp³-hybridized carbons (Fsp3) is 0.415. The average molecular weight is 1060 g/mol. The van der Waals surface area contributed by atoms with Crippen molar-refractivity contribution in [1.29, 1.82) is 0 Å². The van der Waals surface area contributed by atoms with Crippen LogP contribution in [-0.4, -0.2) is 172 Å². The van der Waals surface area contributed by atoms with Gasteiger partial charge in [-0.2, -0.15) is 16.7 Å². The number of anilines is 2. The van der Waals surface area contributed by atoms with Gasteiger partial charge in [0, 0.05) is 30.0 Å². The predicted octanol–water partition coefficient (Wildman–Crippen LogP) is -4.78. The van der Waals surface area contributed by atoms with Crippen LogP contribution in [0.1, 0.15) is 61.0 Å². The summed E-state index contributed by atoms with van der Waals surface area (Å²) in [4.78, 5) is 169. The summed E-state index contributed by atoms with van der Waals surface area (Å²) in [5.41, 5.74) is 16.5. The number of hydrogen-bond acceptors (Lipinski definition) is 19. The number of aromatic nitrogens is 4. The molecular weight excluding hydrogens is 1010 g/mol. The number of hydrogen-bond donors (Lipinski definition) is 16. The van der Waals surface area contributed by atoms with Gasteiger partial charge in [0.15, 0.2) is 17.1 Å². The molecule has 0 saturated heterocycles. The maximum Gasteiger partial charge on any atom is 0.327 e. The minimum atomic E-state index is -2.09. The summed E-state index contributed by atoms with van der Waals surface area (Å²) in [7, 11) is 0. The number of aromatic amines is 1. The standard InChI is InChI=1S/C41H53N15O17S/c1-74-16-25(39(72)73)54-36(68)24(13-29(62)63)53-35(67)23(12-28(60)61)52-33(65)20(3-2-10-45-40(42)43)50-34(66)22(11-27(58)59)49-26(57)9-8-21(38(70)71)51-32(64)17-4-6-18(7-5-17)46-14-19-15-47-31-30(48-19)37(69)56-41(44)55-31/h4-7,15,20-25,46H,2-3,8-14,16H2,1H3,(H,49,57)(H,50,66)(H,51,64)(H,52,65)(H,53,67)(H,54,68)(H,58,59)(H,60,61)(H,62,63)(H,70,71)(H,72,73)(H4,42,43,45)(H3,44,47,55,56,69)/t20-,21-,22-,23-,24-,25-/m0/s1. The molecule has 1 aromatic carbocycles. The Labute approximate surface area is 420 Å². The molecule has 32 nitrogen and oxygen atoms in total. The summed E-state index contributed by atoms with van der Waals surface area (Å²) < 4.78 is 0. The molecule has 0 aliphatic rings. The SMILES string of the molecule is CSC[C@H](NC(=O)[C@H](CC(=O)O)NC(=O)[C@H](CC(=O)O)NC(=O)[C@H](CCCN=C(N)N)NC(=O)[C@H](CC(=O)O)NC(=O)CC[C@H](NC(=O)c1ccc(NCc2cnc3nc(N)[nH]c(=O)c3n2)cc1)C(=O)O)C(=O)O. The number of thioether (sulfide) groups is 1. The van der Waals surface area contributed by atoms with Crippen molar-refractivity contribution >= 4 is 106 Å². The summed E-state index contributed by atoms with van der Waals surface area (Å²) in [5.74, 6) is -16.0. The van der Waals surface area contributed by atoms with Gasteiger partial charge in [-0.1, -0.05) is 0 Å². The number of carboxylic acid groups (broad SMARTS) is 5. The Morgan fingerprint density at radius 3 is 1.70 bits per heavy atom. The third kappa shape index (κ3) is 19.9. The molecule has 6 amide bonds. The second-order valence-corrected chi connectivity index (χ2v) is 16.6. The number of nitrogens with two attached hydrogens (primary N) is 3. The fourth-order valence-corrected chi connectivity index (χ4v) is 6.94. The van der Waals surface area contributed by atoms with Gasteiger partial charge in [0.2, 0.25) is 35.5 Å². The molecule has 0 saturated carbocycles. The van der Waals surface area contributed by atoms with Crippen LogP contribution in [0.15, 0.2) is 40.2 Å². The summed E-state index contributed by atoms with van der Waals surface area (Å²) in [6, 6.07) is -5.36. The first kappa shape index (κ1) is 59.1. The van der Waals surface area contributed by atoms with Gasteiger partial charge in [-0.15, -0.1) is 0 Å². The fourth-order valence-electron chi connectivity index (χ4n) is 6.38. The highest BCUT2D eigenvalue weighted by atomic mass is 32.2. The Balaban J connectivity index is 1.71. The van der Waals surface area contributed by atoms with E-state index in [4.69, 9.17) is 17.2 Å². The zero-order valence-corrected chi connectivity index (χ0v) is 39.8. The van der Waals surface area contributed by atoms with Crippen molar-refractivity contribution in [3.63, 3.8) is 0 Å². The van der Waals surface area contributed by atoms with E-state index >= 15 is 0 Å². The quantitative estimate of drug-likeness (QED) is 0.0163. The molecule has 0 radical (unpaired) electrons. The van der Waals surface area contributed by atoms with Crippen LogP contribution < -0.4 is 60.0 Å². The molecule has 0 fully saturated rings. The van der Waals surface area contributed by atoms with Crippen molar-refractivity contribution in [2.45, 2.75) is 87.7 Å². The lowest BCUT2D eigenvalue weighted by Crippen LogP contribution is -2.59. The molecule has 33 heteroatoms. The molecule has 0 aliphatic carbocycles. The molecule has 400 valence electrons. The van der Waals surface area contributed by atoms with Crippen LogP contribution in [0.3, 0.4) is 0 Å². The number of benzene rings is 1. The lowest BCUT2D eigenvalue weighted by Gasteiger charge is -2.26. The van der Waals surface area contributed by atoms with E-state index in [1.54, 1.807) is 0 Å². The normalized spacial score (nSPS) is 13.2. The predicted molar refractivity (Wildman–Crippen MR) is 257 cm³/mol. The second-order valence-electron chi connectivity index (χ2n) is 15.7. The van der Waals surface area contributed by atoms with Crippen LogP contribution in [0.25, 0.3) is 11.2 Å². The highest BCUT2D eigenvalue weighted by molar-refractivity contribution is 7.98. The van der Waals surface area contributed by atoms with E-state index in [9.17, 15) is 83.1 Å². The lowest BCUT2D eigenvalue weighted by atomic mass is 10.1. The van der Waals surface area contributed by atoms with Crippen molar-refractivity contribution in [1.82, 2.24) is 51.8 Å². The molecule has 0 spiro atoms. The topological polar surface area (TPSA) is 535 Å². The molecule has 2 aromatic heterocycles. The molecular formula is C41H53N15O17S. The van der Waals surface area contributed by atoms with Crippen molar-refractivity contribution in [2.75, 3.05) is 29.6 Å². The molecule has 19 N–H and O–H groups in total. The third-order valence-corrected chi connectivity index (χ3v) is 10.6. The van der Waals surface area contributed by atoms with E-state index in [0.29, 0.717) is 11.4 Å². The highest BCUT2D eigenvalue weighted by Gasteiger charge is 2.35. The van der Waals surface area contributed by atoms with E-state index in [-0.39, 0.29) is 53.9 Å². The Hall–Kier alpha value is -9.17. The molecule has 0 bridgehead atoms. The van der Waals surface area contributed by atoms with Gasteiger partial charge in [-0.3, -0.25) is 57.9 Å². The molecule has 74 heavy (non-hydrogen) atoms. The summed E-state index contributed by atoms with van der Waals surface area (Å²) >= 11 is 1.01. The van der Waals surface area contributed by atoms with Gasteiger partial charge in [0.05, 0.1) is 37.7 Å². The molecule has 0 unspecified atom stereocenters. The Kier molecular flexibility index (Phi) is 22.9. The minimum absolute atomic E-state index is 0.000447. The van der Waals surface area contributed by atoms with E-state index in [2.05, 4.69) is 56.8 Å². The zero-order chi connectivity index (χ0) is 55.2. The van der Waals surface area contributed by atoms with E-state index in [1.165, 1.54) is 36.7 Å². The van der Waals surface area contributed by atoms with Gasteiger partial charge in [0.1, 0.15) is 36.3 Å². The number of guanidine groups is 1. The molecule has 3 aromatic rings. The number of rotatable bonds is 31. The number of nitrogens with one attached hydrogen (secondary N) is 8. The highest BCUT2D eigenvalue weighted by Crippen LogP contribution is 2.13. The summed E-state index contributed by atoms with van der Waals surface area (Å²) in [5, 5.41) is 63.6. The van der Waals surface area contributed by atoms with Crippen molar-refractivity contribution in [2.24, 2.45) is 16.5 Å². The second kappa shape index (κ2) is 28.6. The first-order chi connectivity index (χ1) is 34.9. The first-order valence-corrected chi connectivity index (χ1v) is 23.1. The van der Waals surface area contributed by atoms with Gasteiger partial charge >= 0.3 is 29.8 Å². The smallest absolute Gasteiger partial charge is 0.327 e. The summed E-state index contributed by atoms with van der Waals surface area (Å²) in [6.07, 6.45) is -2.32. The minimum Gasteiger partial charge on any atom is -0.481 e. The van der Waals surface area contributed by atoms with Crippen LogP contribution in [-0.2, 0) is 54.5 Å². The van der Waals surface area contributed by atoms with Crippen LogP contribution >= 0.6 is 11.8 Å². The number of amides is 6. The number of fused-ring (bicyclic) bond motifs is 1. The first-order valence-electron chi connectivity index (χ1n) is 21.7. The Bertz CT molecular complexity index is 2680. The van der Waals surface area contributed by atoms with Crippen LogP contribution in [0.2, 0.25) is 0 Å². The van der Waals surface area contributed by atoms with E-state index in [0.717, 1.165) is 11.8 Å². The third-order valence-electron chi connectivity index (χ3n) is 9.95. The molecule has 6 atom stereocenters. The lowest BCUT2D eigenvalue weighted by molar-refractivity contribution is -0.144. The maximum atomic E-state index is 13.7. The van der Waals surface area contributed by atoms with Gasteiger partial charge in [-0.25, -0.2) is 19.6 Å². The largest absolute Gasteiger partial charge is 0.481 e. The Morgan fingerprint density at radius 2 is 1.19 bits per heavy atom. The monoisotopic (exact) mass is 1060 g/mol. The number of carbonyl (C=O) groups is 11. The van der Waals surface area contributed by atoms with E-state index in [1.807, 2.05) is 5.32 Å². The van der Waals surface area contributed by atoms with Gasteiger partial charge in [-0.05, 0) is 49.8 Å². The van der Waals surface area contributed by atoms with Crippen molar-refractivity contribution in [3.05, 3.63) is 52.1 Å². The average Bonchev–Trinajstić information content (AvgIpc) is 3.31. The number of nitrogen functional groups attached to an aromatic ring is 1. The van der Waals surface area contributed by atoms with E-state index < -0.39 is 146 Å².